The zero-order chi connectivity index (χ0) is 29.7. The van der Waals surface area contributed by atoms with Crippen molar-refractivity contribution in [3.8, 4) is 55.6 Å². The Kier molecular flexibility index (Phi) is 5.89. The van der Waals surface area contributed by atoms with E-state index in [9.17, 15) is 0 Å². The van der Waals surface area contributed by atoms with E-state index < -0.39 is 0 Å². The van der Waals surface area contributed by atoms with Gasteiger partial charge in [0.05, 0.1) is 16.6 Å². The number of nitrogens with zero attached hydrogens (tertiary/aromatic N) is 1. The van der Waals surface area contributed by atoms with E-state index in [-0.39, 0.29) is 0 Å². The normalized spacial score (nSPS) is 11.6. The van der Waals surface area contributed by atoms with Crippen molar-refractivity contribution < 1.29 is 0 Å². The molecule has 210 valence electrons. The molecule has 0 bridgehead atoms. The number of benzene rings is 6. The van der Waals surface area contributed by atoms with E-state index in [1.165, 1.54) is 83.0 Å². The van der Waals surface area contributed by atoms with Crippen molar-refractivity contribution in [3.63, 3.8) is 0 Å². The van der Waals surface area contributed by atoms with Gasteiger partial charge in [-0.1, -0.05) is 152 Å². The van der Waals surface area contributed by atoms with Crippen LogP contribution in [0, 0.1) is 0 Å². The molecule has 0 spiro atoms. The molecule has 0 radical (unpaired) electrons. The van der Waals surface area contributed by atoms with Crippen molar-refractivity contribution >= 4 is 27.3 Å². The summed E-state index contributed by atoms with van der Waals surface area (Å²) in [6.45, 7) is 0. The van der Waals surface area contributed by atoms with E-state index in [4.69, 9.17) is 0 Å². The zero-order valence-electron chi connectivity index (χ0n) is 24.7. The second-order valence-electron chi connectivity index (χ2n) is 11.7. The Morgan fingerprint density at radius 1 is 0.267 bits per heavy atom. The molecule has 3 heterocycles. The average Bonchev–Trinajstić information content (AvgIpc) is 3.57. The van der Waals surface area contributed by atoms with E-state index >= 15 is 0 Å². The maximum atomic E-state index is 2.53. The van der Waals surface area contributed by atoms with Crippen LogP contribution >= 0.6 is 0 Å². The van der Waals surface area contributed by atoms with Crippen LogP contribution in [0.3, 0.4) is 0 Å². The van der Waals surface area contributed by atoms with Gasteiger partial charge in [0.2, 0.25) is 0 Å². The predicted molar refractivity (Wildman–Crippen MR) is 191 cm³/mol. The molecule has 3 aromatic heterocycles. The summed E-state index contributed by atoms with van der Waals surface area (Å²) in [5.74, 6) is 0. The van der Waals surface area contributed by atoms with Gasteiger partial charge >= 0.3 is 0 Å². The first-order valence-corrected chi connectivity index (χ1v) is 15.5. The van der Waals surface area contributed by atoms with Crippen LogP contribution in [0.4, 0.5) is 0 Å². The standard InChI is InChI=1S/C44H29N/c1-6-16-30(17-7-1)35-28-36-40(31-18-8-2-9-19-31)42(33-22-12-4-13-23-33)38-26-27-39-43(34-24-14-5-15-25-34)41(32-20-10-3-11-21-32)37(29-35)44(36)45(38)39/h1-29H. The number of rotatable bonds is 5. The van der Waals surface area contributed by atoms with Gasteiger partial charge in [-0.2, -0.15) is 0 Å². The summed E-state index contributed by atoms with van der Waals surface area (Å²) in [4.78, 5) is 0. The summed E-state index contributed by atoms with van der Waals surface area (Å²) in [5.41, 5.74) is 16.0. The Bertz CT molecular complexity index is 2270. The fourth-order valence-corrected chi connectivity index (χ4v) is 7.25. The number of hydrogen-bond acceptors (Lipinski definition) is 0. The Hall–Kier alpha value is -5.92. The summed E-state index contributed by atoms with van der Waals surface area (Å²) < 4.78 is 2.53. The summed E-state index contributed by atoms with van der Waals surface area (Å²) in [6, 6.07) is 63.9. The summed E-state index contributed by atoms with van der Waals surface area (Å²) in [7, 11) is 0. The van der Waals surface area contributed by atoms with Crippen LogP contribution in [0.25, 0.3) is 83.0 Å². The van der Waals surface area contributed by atoms with Gasteiger partial charge in [0.15, 0.2) is 0 Å². The van der Waals surface area contributed by atoms with Crippen LogP contribution in [-0.2, 0) is 0 Å². The highest BCUT2D eigenvalue weighted by atomic mass is 14.9. The Balaban J connectivity index is 1.59. The third-order valence-corrected chi connectivity index (χ3v) is 9.12. The molecule has 0 unspecified atom stereocenters. The van der Waals surface area contributed by atoms with Crippen LogP contribution < -0.4 is 0 Å². The van der Waals surface area contributed by atoms with Gasteiger partial charge in [-0.25, -0.2) is 0 Å². The third-order valence-electron chi connectivity index (χ3n) is 9.12. The number of hydrogen-bond donors (Lipinski definition) is 0. The Morgan fingerprint density at radius 2 is 0.578 bits per heavy atom. The lowest BCUT2D eigenvalue weighted by molar-refractivity contribution is 1.33. The lowest BCUT2D eigenvalue weighted by Crippen LogP contribution is -2.02. The SMILES string of the molecule is c1ccc(-c2cc3c(-c4ccccc4)c(-c4ccccc4)c4ccc5c(-c6ccccc6)c(-c6ccccc6)c(c2)c3n45)cc1. The van der Waals surface area contributed by atoms with Crippen LogP contribution in [0.2, 0.25) is 0 Å². The summed E-state index contributed by atoms with van der Waals surface area (Å²) >= 11 is 0. The molecule has 0 N–H and O–H groups in total. The minimum Gasteiger partial charge on any atom is -0.308 e. The van der Waals surface area contributed by atoms with Crippen molar-refractivity contribution in [2.45, 2.75) is 0 Å². The molecule has 1 nitrogen and oxygen atoms in total. The van der Waals surface area contributed by atoms with E-state index in [0.29, 0.717) is 0 Å². The molecular formula is C44H29N. The van der Waals surface area contributed by atoms with E-state index in [1.54, 1.807) is 0 Å². The van der Waals surface area contributed by atoms with Gasteiger partial charge in [-0.05, 0) is 57.6 Å². The van der Waals surface area contributed by atoms with Gasteiger partial charge in [0, 0.05) is 33.0 Å². The van der Waals surface area contributed by atoms with Crippen LogP contribution in [0.15, 0.2) is 176 Å². The molecule has 6 aromatic carbocycles. The third kappa shape index (κ3) is 4.02. The second kappa shape index (κ2) is 10.4. The van der Waals surface area contributed by atoms with E-state index in [2.05, 4.69) is 180 Å². The fraction of sp³-hybridized carbons (Fsp3) is 0. The second-order valence-corrected chi connectivity index (χ2v) is 11.7. The molecule has 0 aliphatic rings. The maximum absolute atomic E-state index is 2.53. The summed E-state index contributed by atoms with van der Waals surface area (Å²) in [6.07, 6.45) is 0. The first-order chi connectivity index (χ1) is 22.4. The number of pyridine rings is 2. The Morgan fingerprint density at radius 3 is 0.933 bits per heavy atom. The molecule has 9 rings (SSSR count). The molecule has 9 aromatic rings. The molecule has 0 aliphatic heterocycles. The van der Waals surface area contributed by atoms with Gasteiger partial charge in [-0.15, -0.1) is 0 Å². The average molecular weight is 572 g/mol. The van der Waals surface area contributed by atoms with Crippen molar-refractivity contribution in [1.82, 2.24) is 4.40 Å². The van der Waals surface area contributed by atoms with Crippen LogP contribution in [0.5, 0.6) is 0 Å². The van der Waals surface area contributed by atoms with Gasteiger partial charge in [0.25, 0.3) is 0 Å². The first kappa shape index (κ1) is 25.6. The largest absolute Gasteiger partial charge is 0.308 e. The van der Waals surface area contributed by atoms with Crippen LogP contribution in [0.1, 0.15) is 0 Å². The maximum Gasteiger partial charge on any atom is 0.0620 e. The predicted octanol–water partition coefficient (Wildman–Crippen LogP) is 12.0. The monoisotopic (exact) mass is 571 g/mol. The molecule has 0 saturated carbocycles. The quantitative estimate of drug-likeness (QED) is 0.194. The highest BCUT2D eigenvalue weighted by Crippen LogP contribution is 2.50. The van der Waals surface area contributed by atoms with Gasteiger partial charge in [-0.3, -0.25) is 0 Å². The van der Waals surface area contributed by atoms with Gasteiger partial charge < -0.3 is 4.40 Å². The van der Waals surface area contributed by atoms with Crippen molar-refractivity contribution in [2.75, 3.05) is 0 Å². The fourth-order valence-electron chi connectivity index (χ4n) is 7.25. The topological polar surface area (TPSA) is 4.41 Å². The molecule has 0 saturated heterocycles. The smallest absolute Gasteiger partial charge is 0.0620 e. The highest BCUT2D eigenvalue weighted by molar-refractivity contribution is 6.21. The van der Waals surface area contributed by atoms with E-state index in [1.807, 2.05) is 0 Å². The van der Waals surface area contributed by atoms with Gasteiger partial charge in [0.1, 0.15) is 0 Å². The zero-order valence-corrected chi connectivity index (χ0v) is 24.7. The molecule has 0 aliphatic carbocycles. The van der Waals surface area contributed by atoms with Crippen molar-refractivity contribution in [1.29, 1.82) is 0 Å². The molecule has 0 atom stereocenters. The summed E-state index contributed by atoms with van der Waals surface area (Å²) in [5, 5.41) is 2.50. The highest BCUT2D eigenvalue weighted by Gasteiger charge is 2.26. The lowest BCUT2D eigenvalue weighted by atomic mass is 9.85. The lowest BCUT2D eigenvalue weighted by Gasteiger charge is -2.24. The molecule has 0 fully saturated rings. The minimum atomic E-state index is 1.21. The minimum absolute atomic E-state index is 1.21. The molecular weight excluding hydrogens is 542 g/mol. The van der Waals surface area contributed by atoms with Crippen LogP contribution in [-0.4, -0.2) is 4.40 Å². The first-order valence-electron chi connectivity index (χ1n) is 15.5. The number of aromatic nitrogens is 1. The Labute approximate surface area is 262 Å². The molecule has 45 heavy (non-hydrogen) atoms. The van der Waals surface area contributed by atoms with Crippen molar-refractivity contribution in [2.24, 2.45) is 0 Å². The molecule has 0 amide bonds. The molecule has 1 heteroatoms. The van der Waals surface area contributed by atoms with E-state index in [0.717, 1.165) is 0 Å². The van der Waals surface area contributed by atoms with Crippen molar-refractivity contribution in [3.05, 3.63) is 176 Å².